The third kappa shape index (κ3) is 6.28. The van der Waals surface area contributed by atoms with Crippen LogP contribution in [0.2, 0.25) is 0 Å². The standard InChI is InChI=1S/C8H18O3/c1-4-8(2,9)7-11-6-5-10-3/h9H,4-7H2,1-3H3. The lowest BCUT2D eigenvalue weighted by molar-refractivity contribution is -0.0458. The lowest BCUT2D eigenvalue weighted by Crippen LogP contribution is -2.30. The van der Waals surface area contributed by atoms with Crippen LogP contribution in [0.5, 0.6) is 0 Å². The lowest BCUT2D eigenvalue weighted by Gasteiger charge is -2.20. The number of aliphatic hydroxyl groups is 1. The van der Waals surface area contributed by atoms with E-state index in [4.69, 9.17) is 9.47 Å². The molecule has 0 fully saturated rings. The fourth-order valence-corrected chi connectivity index (χ4v) is 0.536. The van der Waals surface area contributed by atoms with Crippen molar-refractivity contribution in [3.63, 3.8) is 0 Å². The second-order valence-electron chi connectivity index (χ2n) is 2.90. The molecule has 0 saturated carbocycles. The Bertz CT molecular complexity index is 91.3. The summed E-state index contributed by atoms with van der Waals surface area (Å²) < 4.78 is 9.94. The highest BCUT2D eigenvalue weighted by molar-refractivity contribution is 4.68. The summed E-state index contributed by atoms with van der Waals surface area (Å²) >= 11 is 0. The quantitative estimate of drug-likeness (QED) is 0.587. The summed E-state index contributed by atoms with van der Waals surface area (Å²) in [5, 5.41) is 9.46. The molecule has 0 spiro atoms. The molecule has 68 valence electrons. The largest absolute Gasteiger partial charge is 0.388 e. The molecule has 0 aromatic heterocycles. The van der Waals surface area contributed by atoms with Crippen LogP contribution in [0.1, 0.15) is 20.3 Å². The molecule has 0 aromatic rings. The second kappa shape index (κ2) is 5.52. The average Bonchev–Trinajstić information content (AvgIpc) is 1.99. The van der Waals surface area contributed by atoms with Gasteiger partial charge in [-0.3, -0.25) is 0 Å². The summed E-state index contributed by atoms with van der Waals surface area (Å²) in [6.45, 7) is 5.21. The Balaban J connectivity index is 3.23. The molecule has 0 aliphatic carbocycles. The van der Waals surface area contributed by atoms with E-state index in [1.807, 2.05) is 6.92 Å². The molecule has 3 heteroatoms. The fourth-order valence-electron chi connectivity index (χ4n) is 0.536. The minimum atomic E-state index is -0.687. The summed E-state index contributed by atoms with van der Waals surface area (Å²) in [5.74, 6) is 0. The molecule has 0 aliphatic rings. The first-order chi connectivity index (χ1) is 5.12. The fraction of sp³-hybridized carbons (Fsp3) is 1.00. The van der Waals surface area contributed by atoms with Gasteiger partial charge in [0.25, 0.3) is 0 Å². The van der Waals surface area contributed by atoms with Crippen molar-refractivity contribution in [2.45, 2.75) is 25.9 Å². The van der Waals surface area contributed by atoms with Crippen LogP contribution in [0.25, 0.3) is 0 Å². The predicted octanol–water partition coefficient (Wildman–Crippen LogP) is 0.810. The Morgan fingerprint density at radius 1 is 1.36 bits per heavy atom. The monoisotopic (exact) mass is 162 g/mol. The van der Waals surface area contributed by atoms with Crippen molar-refractivity contribution >= 4 is 0 Å². The van der Waals surface area contributed by atoms with Crippen LogP contribution in [0, 0.1) is 0 Å². The van der Waals surface area contributed by atoms with Gasteiger partial charge in [0, 0.05) is 7.11 Å². The molecule has 1 atom stereocenters. The summed E-state index contributed by atoms with van der Waals surface area (Å²) in [7, 11) is 1.63. The van der Waals surface area contributed by atoms with Gasteiger partial charge in [-0.2, -0.15) is 0 Å². The Morgan fingerprint density at radius 3 is 2.45 bits per heavy atom. The minimum absolute atomic E-state index is 0.382. The molecular weight excluding hydrogens is 144 g/mol. The van der Waals surface area contributed by atoms with Crippen LogP contribution < -0.4 is 0 Å². The van der Waals surface area contributed by atoms with E-state index in [0.29, 0.717) is 26.2 Å². The SMILES string of the molecule is CCC(C)(O)COCCOC. The van der Waals surface area contributed by atoms with Gasteiger partial charge in [0.1, 0.15) is 0 Å². The van der Waals surface area contributed by atoms with Crippen LogP contribution in [0.3, 0.4) is 0 Å². The highest BCUT2D eigenvalue weighted by Crippen LogP contribution is 2.07. The molecule has 0 bridgehead atoms. The van der Waals surface area contributed by atoms with Gasteiger partial charge >= 0.3 is 0 Å². The Kier molecular flexibility index (Phi) is 5.46. The number of rotatable bonds is 6. The molecule has 1 unspecified atom stereocenters. The van der Waals surface area contributed by atoms with E-state index in [2.05, 4.69) is 0 Å². The van der Waals surface area contributed by atoms with Gasteiger partial charge in [-0.05, 0) is 13.3 Å². The minimum Gasteiger partial charge on any atom is -0.388 e. The smallest absolute Gasteiger partial charge is 0.0849 e. The van der Waals surface area contributed by atoms with Crippen molar-refractivity contribution in [3.05, 3.63) is 0 Å². The van der Waals surface area contributed by atoms with Crippen molar-refractivity contribution in [2.75, 3.05) is 26.9 Å². The van der Waals surface area contributed by atoms with Crippen LogP contribution in [0.15, 0.2) is 0 Å². The van der Waals surface area contributed by atoms with E-state index in [0.717, 1.165) is 0 Å². The maximum atomic E-state index is 9.46. The van der Waals surface area contributed by atoms with Gasteiger partial charge in [-0.1, -0.05) is 6.92 Å². The van der Waals surface area contributed by atoms with E-state index in [9.17, 15) is 5.11 Å². The van der Waals surface area contributed by atoms with E-state index in [1.54, 1.807) is 14.0 Å². The molecule has 3 nitrogen and oxygen atoms in total. The van der Waals surface area contributed by atoms with Crippen LogP contribution >= 0.6 is 0 Å². The number of hydrogen-bond donors (Lipinski definition) is 1. The summed E-state index contributed by atoms with van der Waals surface area (Å²) in [6, 6.07) is 0. The topological polar surface area (TPSA) is 38.7 Å². The van der Waals surface area contributed by atoms with E-state index >= 15 is 0 Å². The molecule has 11 heavy (non-hydrogen) atoms. The summed E-state index contributed by atoms with van der Waals surface area (Å²) in [6.07, 6.45) is 0.708. The van der Waals surface area contributed by atoms with Crippen molar-refractivity contribution < 1.29 is 14.6 Å². The summed E-state index contributed by atoms with van der Waals surface area (Å²) in [4.78, 5) is 0. The van der Waals surface area contributed by atoms with Gasteiger partial charge in [-0.15, -0.1) is 0 Å². The Labute approximate surface area is 68.3 Å². The van der Waals surface area contributed by atoms with Gasteiger partial charge in [-0.25, -0.2) is 0 Å². The highest BCUT2D eigenvalue weighted by Gasteiger charge is 2.16. The van der Waals surface area contributed by atoms with E-state index in [1.165, 1.54) is 0 Å². The first-order valence-corrected chi connectivity index (χ1v) is 3.91. The molecule has 0 rings (SSSR count). The van der Waals surface area contributed by atoms with Crippen molar-refractivity contribution in [3.8, 4) is 0 Å². The molecule has 0 saturated heterocycles. The Hall–Kier alpha value is -0.120. The normalized spacial score (nSPS) is 16.4. The number of ether oxygens (including phenoxy) is 2. The van der Waals surface area contributed by atoms with Gasteiger partial charge in [0.15, 0.2) is 0 Å². The summed E-state index contributed by atoms with van der Waals surface area (Å²) in [5.41, 5.74) is -0.687. The van der Waals surface area contributed by atoms with Crippen LogP contribution in [0.4, 0.5) is 0 Å². The van der Waals surface area contributed by atoms with Gasteiger partial charge in [0.05, 0.1) is 25.4 Å². The van der Waals surface area contributed by atoms with E-state index < -0.39 is 5.60 Å². The number of hydrogen-bond acceptors (Lipinski definition) is 3. The van der Waals surface area contributed by atoms with Crippen LogP contribution in [-0.4, -0.2) is 37.6 Å². The molecular formula is C8H18O3. The number of methoxy groups -OCH3 is 1. The third-order valence-electron chi connectivity index (χ3n) is 1.61. The second-order valence-corrected chi connectivity index (χ2v) is 2.90. The van der Waals surface area contributed by atoms with Crippen LogP contribution in [-0.2, 0) is 9.47 Å². The highest BCUT2D eigenvalue weighted by atomic mass is 16.5. The zero-order chi connectivity index (χ0) is 8.74. The molecule has 0 aliphatic heterocycles. The average molecular weight is 162 g/mol. The van der Waals surface area contributed by atoms with Gasteiger partial charge < -0.3 is 14.6 Å². The zero-order valence-corrected chi connectivity index (χ0v) is 7.59. The molecule has 0 amide bonds. The molecule has 1 N–H and O–H groups in total. The molecule has 0 aromatic carbocycles. The molecule has 0 radical (unpaired) electrons. The van der Waals surface area contributed by atoms with E-state index in [-0.39, 0.29) is 0 Å². The Morgan fingerprint density at radius 2 is 2.00 bits per heavy atom. The van der Waals surface area contributed by atoms with Crippen molar-refractivity contribution in [1.82, 2.24) is 0 Å². The first-order valence-electron chi connectivity index (χ1n) is 3.91. The maximum Gasteiger partial charge on any atom is 0.0849 e. The predicted molar refractivity (Wildman–Crippen MR) is 43.6 cm³/mol. The third-order valence-corrected chi connectivity index (χ3v) is 1.61. The molecule has 0 heterocycles. The lowest BCUT2D eigenvalue weighted by atomic mass is 10.1. The zero-order valence-electron chi connectivity index (χ0n) is 7.59. The van der Waals surface area contributed by atoms with Crippen molar-refractivity contribution in [1.29, 1.82) is 0 Å². The van der Waals surface area contributed by atoms with Gasteiger partial charge in [0.2, 0.25) is 0 Å². The first kappa shape index (κ1) is 10.9. The van der Waals surface area contributed by atoms with Crippen molar-refractivity contribution in [2.24, 2.45) is 0 Å². The maximum absolute atomic E-state index is 9.46.